The molecule has 2 aromatic rings. The molecule has 1 N–H and O–H groups in total. The lowest BCUT2D eigenvalue weighted by Crippen LogP contribution is -2.03. The van der Waals surface area contributed by atoms with E-state index in [1.807, 2.05) is 25.1 Å². The Hall–Kier alpha value is -1.74. The van der Waals surface area contributed by atoms with Gasteiger partial charge in [0, 0.05) is 28.9 Å². The van der Waals surface area contributed by atoms with Crippen molar-refractivity contribution in [3.63, 3.8) is 0 Å². The van der Waals surface area contributed by atoms with Crippen molar-refractivity contribution < 1.29 is 9.13 Å². The number of methoxy groups -OCH3 is 1. The van der Waals surface area contributed by atoms with Crippen LogP contribution in [0.15, 0.2) is 36.4 Å². The van der Waals surface area contributed by atoms with Gasteiger partial charge in [-0.1, -0.05) is 23.7 Å². The molecule has 0 spiro atoms. The van der Waals surface area contributed by atoms with E-state index >= 15 is 0 Å². The van der Waals surface area contributed by atoms with Crippen LogP contribution in [0.25, 0.3) is 0 Å². The van der Waals surface area contributed by atoms with Gasteiger partial charge in [-0.25, -0.2) is 4.39 Å². The highest BCUT2D eigenvalue weighted by molar-refractivity contribution is 6.30. The zero-order valence-electron chi connectivity index (χ0n) is 10.8. The van der Waals surface area contributed by atoms with Crippen molar-refractivity contribution >= 4 is 17.3 Å². The van der Waals surface area contributed by atoms with Crippen molar-refractivity contribution in [1.29, 1.82) is 0 Å². The molecule has 0 radical (unpaired) electrons. The molecule has 4 heteroatoms. The molecule has 2 aromatic carbocycles. The van der Waals surface area contributed by atoms with Gasteiger partial charge in [-0.05, 0) is 30.7 Å². The molecule has 0 aliphatic carbocycles. The van der Waals surface area contributed by atoms with E-state index in [0.29, 0.717) is 22.9 Å². The van der Waals surface area contributed by atoms with Gasteiger partial charge in [-0.15, -0.1) is 0 Å². The Morgan fingerprint density at radius 3 is 2.68 bits per heavy atom. The molecule has 0 bridgehead atoms. The Morgan fingerprint density at radius 1 is 1.21 bits per heavy atom. The summed E-state index contributed by atoms with van der Waals surface area (Å²) in [5, 5.41) is 3.84. The van der Waals surface area contributed by atoms with Crippen molar-refractivity contribution in [2.75, 3.05) is 12.4 Å². The van der Waals surface area contributed by atoms with Crippen molar-refractivity contribution in [3.8, 4) is 5.75 Å². The summed E-state index contributed by atoms with van der Waals surface area (Å²) >= 11 is 5.94. The van der Waals surface area contributed by atoms with Crippen molar-refractivity contribution in [3.05, 3.63) is 58.4 Å². The second-order valence-electron chi connectivity index (χ2n) is 4.27. The van der Waals surface area contributed by atoms with Gasteiger partial charge >= 0.3 is 0 Å². The minimum atomic E-state index is -0.286. The van der Waals surface area contributed by atoms with Crippen LogP contribution in [-0.2, 0) is 6.54 Å². The SMILES string of the molecule is COc1ccc(CNc2cc(Cl)ccc2C)c(F)c1. The van der Waals surface area contributed by atoms with E-state index in [2.05, 4.69) is 5.32 Å². The van der Waals surface area contributed by atoms with Crippen LogP contribution >= 0.6 is 11.6 Å². The molecule has 0 aromatic heterocycles. The van der Waals surface area contributed by atoms with E-state index in [-0.39, 0.29) is 5.82 Å². The predicted molar refractivity (Wildman–Crippen MR) is 76.5 cm³/mol. The summed E-state index contributed by atoms with van der Waals surface area (Å²) < 4.78 is 18.7. The second kappa shape index (κ2) is 5.93. The number of anilines is 1. The van der Waals surface area contributed by atoms with Crippen LogP contribution in [0.2, 0.25) is 5.02 Å². The number of aryl methyl sites for hydroxylation is 1. The first-order valence-electron chi connectivity index (χ1n) is 5.92. The van der Waals surface area contributed by atoms with Crippen LogP contribution in [0.5, 0.6) is 5.75 Å². The van der Waals surface area contributed by atoms with E-state index < -0.39 is 0 Å². The first-order chi connectivity index (χ1) is 9.10. The van der Waals surface area contributed by atoms with Crippen molar-refractivity contribution in [1.82, 2.24) is 0 Å². The number of ether oxygens (including phenoxy) is 1. The fourth-order valence-corrected chi connectivity index (χ4v) is 1.95. The van der Waals surface area contributed by atoms with Crippen molar-refractivity contribution in [2.45, 2.75) is 13.5 Å². The van der Waals surface area contributed by atoms with Crippen LogP contribution in [-0.4, -0.2) is 7.11 Å². The number of nitrogens with one attached hydrogen (secondary N) is 1. The van der Waals surface area contributed by atoms with Gasteiger partial charge in [0.15, 0.2) is 0 Å². The molecular weight excluding hydrogens is 265 g/mol. The molecule has 0 unspecified atom stereocenters. The monoisotopic (exact) mass is 279 g/mol. The molecule has 0 fully saturated rings. The van der Waals surface area contributed by atoms with E-state index in [1.54, 1.807) is 12.1 Å². The van der Waals surface area contributed by atoms with Crippen molar-refractivity contribution in [2.24, 2.45) is 0 Å². The molecule has 2 rings (SSSR count). The van der Waals surface area contributed by atoms with Gasteiger partial charge in [0.25, 0.3) is 0 Å². The lowest BCUT2D eigenvalue weighted by Gasteiger charge is -2.11. The standard InChI is InChI=1S/C15H15ClFNO/c1-10-3-5-12(16)7-15(10)18-9-11-4-6-13(19-2)8-14(11)17/h3-8,18H,9H2,1-2H3. The smallest absolute Gasteiger partial charge is 0.131 e. The molecule has 0 saturated carbocycles. The Labute approximate surface area is 117 Å². The fraction of sp³-hybridized carbons (Fsp3) is 0.200. The summed E-state index contributed by atoms with van der Waals surface area (Å²) in [7, 11) is 1.52. The third-order valence-corrected chi connectivity index (χ3v) is 3.16. The number of benzene rings is 2. The Kier molecular flexibility index (Phi) is 4.27. The largest absolute Gasteiger partial charge is 0.497 e. The van der Waals surface area contributed by atoms with Gasteiger partial charge in [-0.2, -0.15) is 0 Å². The average Bonchev–Trinajstić information content (AvgIpc) is 2.40. The molecule has 0 aliphatic heterocycles. The van der Waals surface area contributed by atoms with E-state index in [0.717, 1.165) is 11.3 Å². The number of halogens is 2. The highest BCUT2D eigenvalue weighted by Crippen LogP contribution is 2.22. The lowest BCUT2D eigenvalue weighted by atomic mass is 10.1. The third-order valence-electron chi connectivity index (χ3n) is 2.93. The minimum Gasteiger partial charge on any atom is -0.497 e. The highest BCUT2D eigenvalue weighted by Gasteiger charge is 2.05. The number of hydrogen-bond donors (Lipinski definition) is 1. The summed E-state index contributed by atoms with van der Waals surface area (Å²) in [5.74, 6) is 0.228. The van der Waals surface area contributed by atoms with E-state index in [9.17, 15) is 4.39 Å². The lowest BCUT2D eigenvalue weighted by molar-refractivity contribution is 0.411. The Balaban J connectivity index is 2.12. The molecule has 0 saturated heterocycles. The maximum absolute atomic E-state index is 13.8. The Morgan fingerprint density at radius 2 is 2.00 bits per heavy atom. The average molecular weight is 280 g/mol. The molecule has 0 heterocycles. The Bertz CT molecular complexity index is 586. The molecule has 0 aliphatic rings. The maximum atomic E-state index is 13.8. The number of hydrogen-bond acceptors (Lipinski definition) is 2. The first kappa shape index (κ1) is 13.7. The molecule has 0 atom stereocenters. The van der Waals surface area contributed by atoms with Crippen LogP contribution in [0.3, 0.4) is 0 Å². The number of rotatable bonds is 4. The van der Waals surface area contributed by atoms with E-state index in [4.69, 9.17) is 16.3 Å². The van der Waals surface area contributed by atoms with Gasteiger partial charge < -0.3 is 10.1 Å². The third kappa shape index (κ3) is 3.38. The van der Waals surface area contributed by atoms with Gasteiger partial charge in [0.2, 0.25) is 0 Å². The quantitative estimate of drug-likeness (QED) is 0.895. The molecule has 0 amide bonds. The molecular formula is C15H15ClFNO. The summed E-state index contributed by atoms with van der Waals surface area (Å²) in [6, 6.07) is 10.4. The summed E-state index contributed by atoms with van der Waals surface area (Å²) in [6.45, 7) is 2.38. The van der Waals surface area contributed by atoms with Gasteiger partial charge in [-0.3, -0.25) is 0 Å². The van der Waals surface area contributed by atoms with Crippen LogP contribution in [0.1, 0.15) is 11.1 Å². The first-order valence-corrected chi connectivity index (χ1v) is 6.30. The fourth-order valence-electron chi connectivity index (χ4n) is 1.77. The predicted octanol–water partition coefficient (Wildman–Crippen LogP) is 4.41. The van der Waals surface area contributed by atoms with Crippen LogP contribution in [0, 0.1) is 12.7 Å². The molecule has 19 heavy (non-hydrogen) atoms. The highest BCUT2D eigenvalue weighted by atomic mass is 35.5. The van der Waals surface area contributed by atoms with Gasteiger partial charge in [0.05, 0.1) is 7.11 Å². The zero-order valence-corrected chi connectivity index (χ0v) is 11.6. The van der Waals surface area contributed by atoms with E-state index in [1.165, 1.54) is 13.2 Å². The summed E-state index contributed by atoms with van der Waals surface area (Å²) in [6.07, 6.45) is 0. The maximum Gasteiger partial charge on any atom is 0.131 e. The summed E-state index contributed by atoms with van der Waals surface area (Å²) in [5.41, 5.74) is 2.56. The zero-order chi connectivity index (χ0) is 13.8. The molecule has 2 nitrogen and oxygen atoms in total. The van der Waals surface area contributed by atoms with Crippen LogP contribution < -0.4 is 10.1 Å². The topological polar surface area (TPSA) is 21.3 Å². The minimum absolute atomic E-state index is 0.286. The van der Waals surface area contributed by atoms with Gasteiger partial charge in [0.1, 0.15) is 11.6 Å². The second-order valence-corrected chi connectivity index (χ2v) is 4.71. The summed E-state index contributed by atoms with van der Waals surface area (Å²) in [4.78, 5) is 0. The normalized spacial score (nSPS) is 10.3. The van der Waals surface area contributed by atoms with Crippen LogP contribution in [0.4, 0.5) is 10.1 Å². The molecule has 100 valence electrons.